The number of aldehydes is 1. The third-order valence-corrected chi connectivity index (χ3v) is 3.94. The lowest BCUT2D eigenvalue weighted by Gasteiger charge is -2.32. The lowest BCUT2D eigenvalue weighted by molar-refractivity contribution is -0.0465. The van der Waals surface area contributed by atoms with Crippen LogP contribution in [0.5, 0.6) is 5.75 Å². The molecule has 1 atom stereocenters. The number of nitrogens with zero attached hydrogens (tertiary/aromatic N) is 1. The summed E-state index contributed by atoms with van der Waals surface area (Å²) in [5.41, 5.74) is 1.52. The third kappa shape index (κ3) is 3.81. The van der Waals surface area contributed by atoms with Crippen molar-refractivity contribution >= 4 is 22.2 Å². The highest BCUT2D eigenvalue weighted by Gasteiger charge is 2.20. The summed E-state index contributed by atoms with van der Waals surface area (Å²) in [5.74, 6) is 0.653. The molecule has 0 spiro atoms. The normalized spacial score (nSPS) is 19.9. The van der Waals surface area contributed by atoms with Crippen LogP contribution in [0.15, 0.2) is 16.6 Å². The van der Waals surface area contributed by atoms with E-state index in [0.717, 1.165) is 42.6 Å². The predicted octanol–water partition coefficient (Wildman–Crippen LogP) is 2.67. The molecule has 0 N–H and O–H groups in total. The Morgan fingerprint density at radius 2 is 2.35 bits per heavy atom. The fraction of sp³-hybridized carbons (Fsp3) is 0.533. The lowest BCUT2D eigenvalue weighted by Crippen LogP contribution is -2.44. The molecular weight excluding hydrogens is 322 g/mol. The number of halogens is 1. The van der Waals surface area contributed by atoms with Gasteiger partial charge in [0.1, 0.15) is 18.5 Å². The molecule has 1 aliphatic heterocycles. The lowest BCUT2D eigenvalue weighted by atomic mass is 10.1. The van der Waals surface area contributed by atoms with Crippen molar-refractivity contribution in [3.63, 3.8) is 0 Å². The van der Waals surface area contributed by atoms with Crippen LogP contribution in [0.25, 0.3) is 0 Å². The largest absolute Gasteiger partial charge is 0.490 e. The van der Waals surface area contributed by atoms with Crippen LogP contribution in [0.4, 0.5) is 0 Å². The smallest absolute Gasteiger partial charge is 0.153 e. The number of rotatable bonds is 5. The Balaban J connectivity index is 2.02. The molecule has 110 valence electrons. The molecule has 5 heteroatoms. The SMILES string of the molecule is CCN1CCOC(COc2c(C)cc(Br)cc2C=O)C1. The highest BCUT2D eigenvalue weighted by molar-refractivity contribution is 9.10. The van der Waals surface area contributed by atoms with Crippen LogP contribution >= 0.6 is 15.9 Å². The van der Waals surface area contributed by atoms with Crippen molar-refractivity contribution in [1.82, 2.24) is 4.90 Å². The molecule has 0 saturated carbocycles. The summed E-state index contributed by atoms with van der Waals surface area (Å²) >= 11 is 3.39. The molecule has 0 aromatic heterocycles. The first-order chi connectivity index (χ1) is 9.63. The van der Waals surface area contributed by atoms with Gasteiger partial charge < -0.3 is 9.47 Å². The van der Waals surface area contributed by atoms with Crippen LogP contribution in [0, 0.1) is 6.92 Å². The van der Waals surface area contributed by atoms with E-state index in [1.54, 1.807) is 6.07 Å². The molecule has 1 aromatic rings. The van der Waals surface area contributed by atoms with Crippen molar-refractivity contribution in [1.29, 1.82) is 0 Å². The van der Waals surface area contributed by atoms with Crippen LogP contribution < -0.4 is 4.74 Å². The van der Waals surface area contributed by atoms with Crippen LogP contribution in [-0.2, 0) is 4.74 Å². The quantitative estimate of drug-likeness (QED) is 0.772. The van der Waals surface area contributed by atoms with Gasteiger partial charge in [0.15, 0.2) is 6.29 Å². The van der Waals surface area contributed by atoms with E-state index in [0.29, 0.717) is 17.9 Å². The standard InChI is InChI=1S/C15H20BrNO3/c1-3-17-4-5-19-14(8-17)10-20-15-11(2)6-13(16)7-12(15)9-18/h6-7,9,14H,3-5,8,10H2,1-2H3. The maximum absolute atomic E-state index is 11.1. The first kappa shape index (κ1) is 15.5. The molecule has 0 aliphatic carbocycles. The summed E-state index contributed by atoms with van der Waals surface area (Å²) < 4.78 is 12.4. The number of aryl methyl sites for hydroxylation is 1. The maximum Gasteiger partial charge on any atom is 0.153 e. The summed E-state index contributed by atoms with van der Waals surface area (Å²) in [6, 6.07) is 3.72. The van der Waals surface area contributed by atoms with Crippen LogP contribution in [0.1, 0.15) is 22.8 Å². The molecule has 1 heterocycles. The number of carbonyl (C=O) groups is 1. The van der Waals surface area contributed by atoms with Crippen molar-refractivity contribution in [3.8, 4) is 5.75 Å². The Labute approximate surface area is 128 Å². The zero-order chi connectivity index (χ0) is 14.5. The zero-order valence-electron chi connectivity index (χ0n) is 11.9. The highest BCUT2D eigenvalue weighted by Crippen LogP contribution is 2.27. The van der Waals surface area contributed by atoms with Gasteiger partial charge in [-0.2, -0.15) is 0 Å². The fourth-order valence-electron chi connectivity index (χ4n) is 2.39. The molecule has 1 fully saturated rings. The number of morpholine rings is 1. The van der Waals surface area contributed by atoms with Crippen molar-refractivity contribution < 1.29 is 14.3 Å². The second kappa shape index (κ2) is 7.20. The van der Waals surface area contributed by atoms with Crippen molar-refractivity contribution in [2.45, 2.75) is 20.0 Å². The average Bonchev–Trinajstić information content (AvgIpc) is 2.45. The number of hydrogen-bond donors (Lipinski definition) is 0. The van der Waals surface area contributed by atoms with Gasteiger partial charge in [0, 0.05) is 17.6 Å². The van der Waals surface area contributed by atoms with Gasteiger partial charge in [0.2, 0.25) is 0 Å². The van der Waals surface area contributed by atoms with Gasteiger partial charge >= 0.3 is 0 Å². The van der Waals surface area contributed by atoms with Gasteiger partial charge in [-0.3, -0.25) is 9.69 Å². The third-order valence-electron chi connectivity index (χ3n) is 3.48. The Morgan fingerprint density at radius 1 is 1.55 bits per heavy atom. The Hall–Kier alpha value is -0.910. The Bertz CT molecular complexity index is 478. The number of hydrogen-bond acceptors (Lipinski definition) is 4. The second-order valence-electron chi connectivity index (χ2n) is 4.96. The van der Waals surface area contributed by atoms with E-state index < -0.39 is 0 Å². The van der Waals surface area contributed by atoms with Crippen molar-refractivity contribution in [3.05, 3.63) is 27.7 Å². The van der Waals surface area contributed by atoms with E-state index >= 15 is 0 Å². The molecule has 0 bridgehead atoms. The minimum Gasteiger partial charge on any atom is -0.490 e. The fourth-order valence-corrected chi connectivity index (χ4v) is 2.98. The van der Waals surface area contributed by atoms with Crippen molar-refractivity contribution in [2.75, 3.05) is 32.8 Å². The topological polar surface area (TPSA) is 38.8 Å². The number of benzene rings is 1. The summed E-state index contributed by atoms with van der Waals surface area (Å²) in [7, 11) is 0. The van der Waals surface area contributed by atoms with Gasteiger partial charge in [-0.05, 0) is 31.2 Å². The monoisotopic (exact) mass is 341 g/mol. The summed E-state index contributed by atoms with van der Waals surface area (Å²) in [5, 5.41) is 0. The maximum atomic E-state index is 11.1. The summed E-state index contributed by atoms with van der Waals surface area (Å²) in [4.78, 5) is 13.5. The molecule has 2 rings (SSSR count). The van der Waals surface area contributed by atoms with E-state index in [4.69, 9.17) is 9.47 Å². The van der Waals surface area contributed by atoms with E-state index in [1.807, 2.05) is 13.0 Å². The summed E-state index contributed by atoms with van der Waals surface area (Å²) in [6.45, 7) is 8.17. The average molecular weight is 342 g/mol. The van der Waals surface area contributed by atoms with Gasteiger partial charge in [-0.15, -0.1) is 0 Å². The first-order valence-electron chi connectivity index (χ1n) is 6.86. The van der Waals surface area contributed by atoms with Crippen molar-refractivity contribution in [2.24, 2.45) is 0 Å². The Morgan fingerprint density at radius 3 is 3.05 bits per heavy atom. The molecule has 1 aromatic carbocycles. The molecule has 4 nitrogen and oxygen atoms in total. The molecule has 0 radical (unpaired) electrons. The van der Waals surface area contributed by atoms with E-state index in [1.165, 1.54) is 0 Å². The van der Waals surface area contributed by atoms with Gasteiger partial charge in [-0.25, -0.2) is 0 Å². The zero-order valence-corrected chi connectivity index (χ0v) is 13.5. The first-order valence-corrected chi connectivity index (χ1v) is 7.65. The van der Waals surface area contributed by atoms with E-state index in [-0.39, 0.29) is 6.10 Å². The van der Waals surface area contributed by atoms with Crippen LogP contribution in [0.2, 0.25) is 0 Å². The highest BCUT2D eigenvalue weighted by atomic mass is 79.9. The summed E-state index contributed by atoms with van der Waals surface area (Å²) in [6.07, 6.45) is 0.888. The number of ether oxygens (including phenoxy) is 2. The van der Waals surface area contributed by atoms with Gasteiger partial charge in [0.25, 0.3) is 0 Å². The van der Waals surface area contributed by atoms with Gasteiger partial charge in [0.05, 0.1) is 12.2 Å². The second-order valence-corrected chi connectivity index (χ2v) is 5.87. The van der Waals surface area contributed by atoms with Crippen LogP contribution in [0.3, 0.4) is 0 Å². The molecule has 1 unspecified atom stereocenters. The minimum absolute atomic E-state index is 0.0613. The van der Waals surface area contributed by atoms with E-state index in [2.05, 4.69) is 27.8 Å². The number of likely N-dealkylation sites (N-methyl/N-ethyl adjacent to an activating group) is 1. The van der Waals surface area contributed by atoms with Crippen LogP contribution in [-0.4, -0.2) is 50.1 Å². The molecule has 1 aliphatic rings. The number of carbonyl (C=O) groups excluding carboxylic acids is 1. The molecule has 1 saturated heterocycles. The Kier molecular flexibility index (Phi) is 5.57. The molecule has 0 amide bonds. The minimum atomic E-state index is 0.0613. The predicted molar refractivity (Wildman–Crippen MR) is 81.6 cm³/mol. The van der Waals surface area contributed by atoms with E-state index in [9.17, 15) is 4.79 Å². The van der Waals surface area contributed by atoms with Gasteiger partial charge in [-0.1, -0.05) is 22.9 Å². The molecule has 20 heavy (non-hydrogen) atoms. The molecular formula is C15H20BrNO3.